The lowest BCUT2D eigenvalue weighted by atomic mass is 9.74. The highest BCUT2D eigenvalue weighted by atomic mass is 15.2. The van der Waals surface area contributed by atoms with Crippen molar-refractivity contribution < 1.29 is 0 Å². The summed E-state index contributed by atoms with van der Waals surface area (Å²) < 4.78 is 2.20. The summed E-state index contributed by atoms with van der Waals surface area (Å²) in [5.41, 5.74) is 2.46. The summed E-state index contributed by atoms with van der Waals surface area (Å²) in [4.78, 5) is 6.69. The normalized spacial score (nSPS) is 13.7. The number of anilines is 1. The van der Waals surface area contributed by atoms with Gasteiger partial charge >= 0.3 is 6.98 Å². The summed E-state index contributed by atoms with van der Waals surface area (Å²) in [6.45, 7) is 2.51. The smallest absolute Gasteiger partial charge is 0.377 e. The molecule has 2 aromatic rings. The van der Waals surface area contributed by atoms with Crippen LogP contribution in [0.15, 0.2) is 36.7 Å². The summed E-state index contributed by atoms with van der Waals surface area (Å²) in [6.07, 6.45) is 3.90. The Morgan fingerprint density at radius 1 is 1.27 bits per heavy atom. The van der Waals surface area contributed by atoms with E-state index < -0.39 is 0 Å². The molecule has 0 unspecified atom stereocenters. The number of hydrogen-bond donors (Lipinski definition) is 0. The highest BCUT2D eigenvalue weighted by Gasteiger charge is 2.28. The molecule has 0 N–H and O–H groups in total. The molecule has 0 saturated carbocycles. The maximum atomic E-state index is 4.42. The molecule has 1 aliphatic heterocycles. The summed E-state index contributed by atoms with van der Waals surface area (Å²) in [7, 11) is 2.12. The van der Waals surface area contributed by atoms with Gasteiger partial charge in [-0.05, 0) is 26.0 Å². The number of benzene rings is 1. The van der Waals surface area contributed by atoms with Gasteiger partial charge in [-0.3, -0.25) is 0 Å². The molecule has 0 spiro atoms. The van der Waals surface area contributed by atoms with Gasteiger partial charge in [-0.2, -0.15) is 0 Å². The van der Waals surface area contributed by atoms with Crippen LogP contribution in [0.2, 0.25) is 6.82 Å². The van der Waals surface area contributed by atoms with Crippen molar-refractivity contribution in [1.82, 2.24) is 9.46 Å². The van der Waals surface area contributed by atoms with Crippen LogP contribution in [0.4, 0.5) is 5.69 Å². The van der Waals surface area contributed by atoms with Gasteiger partial charge in [0.15, 0.2) is 0 Å². The minimum atomic E-state index is 0.331. The van der Waals surface area contributed by atoms with Crippen molar-refractivity contribution in [3.05, 3.63) is 36.7 Å². The molecule has 0 bridgehead atoms. The monoisotopic (exact) mass is 197 g/mol. The van der Waals surface area contributed by atoms with Crippen molar-refractivity contribution in [3.8, 4) is 11.4 Å². The second-order valence-corrected chi connectivity index (χ2v) is 3.92. The van der Waals surface area contributed by atoms with E-state index in [2.05, 4.69) is 52.4 Å². The second-order valence-electron chi connectivity index (χ2n) is 3.92. The number of fused-ring (bicyclic) bond motifs is 3. The molecule has 0 radical (unpaired) electrons. The summed E-state index contributed by atoms with van der Waals surface area (Å²) in [6, 6.07) is 8.39. The van der Waals surface area contributed by atoms with Gasteiger partial charge < -0.3 is 9.29 Å². The first-order valence-corrected chi connectivity index (χ1v) is 5.14. The molecule has 0 atom stereocenters. The fraction of sp³-hybridized carbons (Fsp3) is 0.182. The van der Waals surface area contributed by atoms with E-state index in [1.807, 2.05) is 12.4 Å². The molecule has 4 heteroatoms. The number of imidazole rings is 1. The molecule has 0 amide bonds. The van der Waals surface area contributed by atoms with Crippen molar-refractivity contribution >= 4 is 12.7 Å². The van der Waals surface area contributed by atoms with Gasteiger partial charge in [-0.1, -0.05) is 12.1 Å². The van der Waals surface area contributed by atoms with Crippen molar-refractivity contribution in [2.75, 3.05) is 11.9 Å². The van der Waals surface area contributed by atoms with E-state index in [0.717, 1.165) is 5.82 Å². The summed E-state index contributed by atoms with van der Waals surface area (Å²) in [5, 5.41) is 0. The zero-order valence-electron chi connectivity index (χ0n) is 8.88. The van der Waals surface area contributed by atoms with Gasteiger partial charge in [0.05, 0.1) is 0 Å². The minimum Gasteiger partial charge on any atom is -0.398 e. The van der Waals surface area contributed by atoms with Crippen LogP contribution in [0, 0.1) is 0 Å². The van der Waals surface area contributed by atoms with Crippen LogP contribution in [-0.4, -0.2) is 23.5 Å². The molecule has 74 valence electrons. The van der Waals surface area contributed by atoms with E-state index in [-0.39, 0.29) is 0 Å². The minimum absolute atomic E-state index is 0.331. The molecule has 3 rings (SSSR count). The van der Waals surface area contributed by atoms with Crippen LogP contribution in [0.25, 0.3) is 11.4 Å². The average molecular weight is 197 g/mol. The van der Waals surface area contributed by atoms with Crippen LogP contribution in [-0.2, 0) is 0 Å². The van der Waals surface area contributed by atoms with Crippen LogP contribution >= 0.6 is 0 Å². The number of rotatable bonds is 0. The molecule has 1 aromatic carbocycles. The van der Waals surface area contributed by atoms with Gasteiger partial charge in [0.25, 0.3) is 0 Å². The lowest BCUT2D eigenvalue weighted by molar-refractivity contribution is 1.08. The van der Waals surface area contributed by atoms with Crippen molar-refractivity contribution in [2.45, 2.75) is 6.82 Å². The molecular weight excluding hydrogens is 185 g/mol. The predicted octanol–water partition coefficient (Wildman–Crippen LogP) is 1.97. The Hall–Kier alpha value is -1.71. The molecule has 1 aromatic heterocycles. The fourth-order valence-electron chi connectivity index (χ4n) is 2.18. The largest absolute Gasteiger partial charge is 0.398 e. The van der Waals surface area contributed by atoms with E-state index in [0.29, 0.717) is 6.98 Å². The number of para-hydroxylation sites is 1. The van der Waals surface area contributed by atoms with Crippen molar-refractivity contribution in [1.29, 1.82) is 0 Å². The van der Waals surface area contributed by atoms with Gasteiger partial charge in [0.1, 0.15) is 5.82 Å². The predicted molar refractivity (Wildman–Crippen MR) is 63.1 cm³/mol. The maximum absolute atomic E-state index is 4.42. The number of nitrogens with zero attached hydrogens (tertiary/aromatic N) is 3. The lowest BCUT2D eigenvalue weighted by Crippen LogP contribution is -2.43. The topological polar surface area (TPSA) is 21.1 Å². The highest BCUT2D eigenvalue weighted by molar-refractivity contribution is 6.61. The van der Waals surface area contributed by atoms with Gasteiger partial charge in [0, 0.05) is 23.6 Å². The summed E-state index contributed by atoms with van der Waals surface area (Å²) >= 11 is 0. The first-order valence-electron chi connectivity index (χ1n) is 5.14. The van der Waals surface area contributed by atoms with Crippen LogP contribution in [0.1, 0.15) is 0 Å². The first kappa shape index (κ1) is 8.59. The van der Waals surface area contributed by atoms with Crippen LogP contribution in [0.3, 0.4) is 0 Å². The van der Waals surface area contributed by atoms with Crippen LogP contribution in [0.5, 0.6) is 0 Å². The maximum Gasteiger partial charge on any atom is 0.377 e. The van der Waals surface area contributed by atoms with E-state index in [1.54, 1.807) is 0 Å². The molecule has 0 aliphatic carbocycles. The zero-order valence-corrected chi connectivity index (χ0v) is 8.88. The Labute approximate surface area is 89.5 Å². The SMILES string of the molecule is CB1N(C)c2ccccc2-c2nccn21. The number of hydrogen-bond acceptors (Lipinski definition) is 2. The zero-order chi connectivity index (χ0) is 10.4. The fourth-order valence-corrected chi connectivity index (χ4v) is 2.18. The summed E-state index contributed by atoms with van der Waals surface area (Å²) in [5.74, 6) is 1.07. The van der Waals surface area contributed by atoms with Crippen molar-refractivity contribution in [2.24, 2.45) is 0 Å². The quantitative estimate of drug-likeness (QED) is 0.602. The van der Waals surface area contributed by atoms with E-state index >= 15 is 0 Å². The Kier molecular flexibility index (Phi) is 1.66. The molecule has 1 aliphatic rings. The molecule has 15 heavy (non-hydrogen) atoms. The molecule has 3 nitrogen and oxygen atoms in total. The first-order chi connectivity index (χ1) is 7.29. The molecule has 2 heterocycles. The molecule has 0 saturated heterocycles. The van der Waals surface area contributed by atoms with Crippen molar-refractivity contribution in [3.63, 3.8) is 0 Å². The van der Waals surface area contributed by atoms with Gasteiger partial charge in [0.2, 0.25) is 0 Å². The van der Waals surface area contributed by atoms with Gasteiger partial charge in [-0.15, -0.1) is 0 Å². The average Bonchev–Trinajstić information content (AvgIpc) is 2.75. The third-order valence-electron chi connectivity index (χ3n) is 3.16. The second kappa shape index (κ2) is 2.89. The van der Waals surface area contributed by atoms with E-state index in [9.17, 15) is 0 Å². The Bertz CT molecular complexity index is 506. The lowest BCUT2D eigenvalue weighted by Gasteiger charge is -2.32. The van der Waals surface area contributed by atoms with Gasteiger partial charge in [-0.25, -0.2) is 4.98 Å². The van der Waals surface area contributed by atoms with E-state index in [1.165, 1.54) is 11.3 Å². The standard InChI is InChI=1S/C11H12BN3/c1-12-14(2)10-6-4-3-5-9(10)11-13-7-8-15(11)12/h3-8H,1-2H3. The molecular formula is C11H12BN3. The molecule has 0 fully saturated rings. The highest BCUT2D eigenvalue weighted by Crippen LogP contribution is 2.33. The Morgan fingerprint density at radius 3 is 2.93 bits per heavy atom. The Morgan fingerprint density at radius 2 is 2.07 bits per heavy atom. The number of aromatic nitrogens is 2. The third kappa shape index (κ3) is 1.05. The van der Waals surface area contributed by atoms with E-state index in [4.69, 9.17) is 0 Å². The Balaban J connectivity index is 2.32. The third-order valence-corrected chi connectivity index (χ3v) is 3.16. The van der Waals surface area contributed by atoms with Crippen LogP contribution < -0.4 is 4.81 Å².